The molecule has 3 rings (SSSR count). The van der Waals surface area contributed by atoms with Gasteiger partial charge in [-0.1, -0.05) is 12.1 Å². The van der Waals surface area contributed by atoms with Crippen molar-refractivity contribution >= 4 is 23.5 Å². The van der Waals surface area contributed by atoms with Gasteiger partial charge in [-0.25, -0.2) is 4.39 Å². The molecule has 1 saturated heterocycles. The van der Waals surface area contributed by atoms with Gasteiger partial charge in [-0.2, -0.15) is 16.7 Å². The van der Waals surface area contributed by atoms with E-state index < -0.39 is 5.82 Å². The standard InChI is InChI=1S/C13H13FN2O2S2/c1-7-11(20-5-4-19-7)12-15-13(18-16-12)9-3-2-8(17)6-10(9)14/h2-3,6-7,11,17H,4-5H2,1H3. The maximum absolute atomic E-state index is 13.8. The third-order valence-electron chi connectivity index (χ3n) is 3.07. The average molecular weight is 312 g/mol. The lowest BCUT2D eigenvalue weighted by Crippen LogP contribution is -2.16. The zero-order valence-corrected chi connectivity index (χ0v) is 12.4. The molecule has 106 valence electrons. The molecule has 0 radical (unpaired) electrons. The second-order valence-electron chi connectivity index (χ2n) is 4.49. The lowest BCUT2D eigenvalue weighted by molar-refractivity contribution is 0.419. The second kappa shape index (κ2) is 5.65. The van der Waals surface area contributed by atoms with Gasteiger partial charge in [0, 0.05) is 22.8 Å². The fourth-order valence-corrected chi connectivity index (χ4v) is 4.73. The number of aromatic nitrogens is 2. The van der Waals surface area contributed by atoms with E-state index in [4.69, 9.17) is 4.52 Å². The summed E-state index contributed by atoms with van der Waals surface area (Å²) < 4.78 is 18.9. The maximum Gasteiger partial charge on any atom is 0.260 e. The van der Waals surface area contributed by atoms with E-state index in [2.05, 4.69) is 17.1 Å². The summed E-state index contributed by atoms with van der Waals surface area (Å²) >= 11 is 3.68. The van der Waals surface area contributed by atoms with Crippen LogP contribution < -0.4 is 0 Å². The van der Waals surface area contributed by atoms with Gasteiger partial charge >= 0.3 is 0 Å². The molecule has 4 nitrogen and oxygen atoms in total. The molecule has 1 aromatic carbocycles. The molecule has 1 N–H and O–H groups in total. The van der Waals surface area contributed by atoms with Crippen LogP contribution in [-0.2, 0) is 0 Å². The van der Waals surface area contributed by atoms with E-state index in [-0.39, 0.29) is 22.5 Å². The molecule has 1 aliphatic rings. The van der Waals surface area contributed by atoms with Crippen LogP contribution in [0.4, 0.5) is 4.39 Å². The van der Waals surface area contributed by atoms with E-state index in [0.29, 0.717) is 11.1 Å². The Bertz CT molecular complexity index is 620. The summed E-state index contributed by atoms with van der Waals surface area (Å²) in [6, 6.07) is 3.87. The van der Waals surface area contributed by atoms with Gasteiger partial charge in [0.05, 0.1) is 10.8 Å². The van der Waals surface area contributed by atoms with Gasteiger partial charge in [-0.05, 0) is 12.1 Å². The van der Waals surface area contributed by atoms with Gasteiger partial charge in [0.15, 0.2) is 5.82 Å². The van der Waals surface area contributed by atoms with Crippen molar-refractivity contribution in [2.24, 2.45) is 0 Å². The molecule has 20 heavy (non-hydrogen) atoms. The first kappa shape index (κ1) is 13.8. The number of hydrogen-bond acceptors (Lipinski definition) is 6. The second-order valence-corrected chi connectivity index (χ2v) is 7.22. The summed E-state index contributed by atoms with van der Waals surface area (Å²) in [6.07, 6.45) is 0. The highest BCUT2D eigenvalue weighted by Crippen LogP contribution is 2.41. The Balaban J connectivity index is 1.89. The zero-order valence-electron chi connectivity index (χ0n) is 10.7. The predicted molar refractivity (Wildman–Crippen MR) is 78.5 cm³/mol. The van der Waals surface area contributed by atoms with Crippen molar-refractivity contribution in [3.05, 3.63) is 29.8 Å². The van der Waals surface area contributed by atoms with Crippen LogP contribution in [-0.4, -0.2) is 32.0 Å². The number of halogens is 1. The number of phenols is 1. The first-order valence-corrected chi connectivity index (χ1v) is 8.30. The number of nitrogens with zero attached hydrogens (tertiary/aromatic N) is 2. The number of rotatable bonds is 2. The minimum absolute atomic E-state index is 0.126. The molecular weight excluding hydrogens is 299 g/mol. The molecule has 2 aromatic rings. The van der Waals surface area contributed by atoms with E-state index in [1.165, 1.54) is 12.1 Å². The van der Waals surface area contributed by atoms with E-state index in [0.717, 1.165) is 17.6 Å². The molecule has 2 heterocycles. The van der Waals surface area contributed by atoms with Gasteiger partial charge in [-0.15, -0.1) is 11.8 Å². The molecule has 1 aliphatic heterocycles. The normalized spacial score (nSPS) is 22.9. The topological polar surface area (TPSA) is 59.2 Å². The van der Waals surface area contributed by atoms with Crippen molar-refractivity contribution in [1.82, 2.24) is 10.1 Å². The van der Waals surface area contributed by atoms with Crippen molar-refractivity contribution < 1.29 is 14.0 Å². The van der Waals surface area contributed by atoms with Crippen LogP contribution in [0.15, 0.2) is 22.7 Å². The summed E-state index contributed by atoms with van der Waals surface area (Å²) in [5.74, 6) is 2.24. The Morgan fingerprint density at radius 1 is 1.35 bits per heavy atom. The molecule has 2 unspecified atom stereocenters. The van der Waals surface area contributed by atoms with Crippen LogP contribution in [0.1, 0.15) is 18.0 Å². The number of thioether (sulfide) groups is 2. The number of benzene rings is 1. The Hall–Kier alpha value is -1.21. The number of aromatic hydroxyl groups is 1. The van der Waals surface area contributed by atoms with E-state index >= 15 is 0 Å². The summed E-state index contributed by atoms with van der Waals surface area (Å²) in [7, 11) is 0. The van der Waals surface area contributed by atoms with Crippen LogP contribution in [0.5, 0.6) is 5.75 Å². The molecule has 0 amide bonds. The summed E-state index contributed by atoms with van der Waals surface area (Å²) in [5.41, 5.74) is 0.211. The van der Waals surface area contributed by atoms with E-state index in [1.807, 2.05) is 11.8 Å². The first-order valence-electron chi connectivity index (χ1n) is 6.21. The Kier molecular flexibility index (Phi) is 3.89. The fraction of sp³-hybridized carbons (Fsp3) is 0.385. The molecule has 1 aromatic heterocycles. The highest BCUT2D eigenvalue weighted by Gasteiger charge is 2.29. The van der Waals surface area contributed by atoms with Crippen molar-refractivity contribution in [3.63, 3.8) is 0 Å². The van der Waals surface area contributed by atoms with E-state index in [1.54, 1.807) is 11.8 Å². The minimum Gasteiger partial charge on any atom is -0.508 e. The van der Waals surface area contributed by atoms with Crippen LogP contribution in [0.3, 0.4) is 0 Å². The lowest BCUT2D eigenvalue weighted by atomic mass is 10.2. The van der Waals surface area contributed by atoms with Crippen LogP contribution >= 0.6 is 23.5 Å². The Morgan fingerprint density at radius 3 is 2.90 bits per heavy atom. The molecule has 0 spiro atoms. The quantitative estimate of drug-likeness (QED) is 0.916. The Labute approximate surface area is 124 Å². The van der Waals surface area contributed by atoms with Crippen molar-refractivity contribution in [1.29, 1.82) is 0 Å². The highest BCUT2D eigenvalue weighted by molar-refractivity contribution is 8.06. The third-order valence-corrected chi connectivity index (χ3v) is 6.15. The minimum atomic E-state index is -0.570. The lowest BCUT2D eigenvalue weighted by Gasteiger charge is -2.24. The van der Waals surface area contributed by atoms with Gasteiger partial charge in [-0.3, -0.25) is 0 Å². The van der Waals surface area contributed by atoms with Crippen LogP contribution in [0.2, 0.25) is 0 Å². The van der Waals surface area contributed by atoms with Gasteiger partial charge < -0.3 is 9.63 Å². The van der Waals surface area contributed by atoms with E-state index in [9.17, 15) is 9.50 Å². The summed E-state index contributed by atoms with van der Waals surface area (Å²) in [4.78, 5) is 4.31. The summed E-state index contributed by atoms with van der Waals surface area (Å²) in [6.45, 7) is 2.14. The predicted octanol–water partition coefficient (Wildman–Crippen LogP) is 3.49. The largest absolute Gasteiger partial charge is 0.508 e. The summed E-state index contributed by atoms with van der Waals surface area (Å²) in [5, 5.41) is 13.8. The van der Waals surface area contributed by atoms with Gasteiger partial charge in [0.1, 0.15) is 11.6 Å². The molecule has 0 aliphatic carbocycles. The van der Waals surface area contributed by atoms with Gasteiger partial charge in [0.25, 0.3) is 5.89 Å². The smallest absolute Gasteiger partial charge is 0.260 e. The molecule has 2 atom stereocenters. The molecule has 0 bridgehead atoms. The van der Waals surface area contributed by atoms with Crippen LogP contribution in [0.25, 0.3) is 11.5 Å². The van der Waals surface area contributed by atoms with Gasteiger partial charge in [0.2, 0.25) is 0 Å². The monoisotopic (exact) mass is 312 g/mol. The molecular formula is C13H13FN2O2S2. The zero-order chi connectivity index (χ0) is 14.1. The van der Waals surface area contributed by atoms with Crippen molar-refractivity contribution in [2.45, 2.75) is 17.4 Å². The van der Waals surface area contributed by atoms with Crippen LogP contribution in [0, 0.1) is 5.82 Å². The molecule has 7 heteroatoms. The molecule has 0 saturated carbocycles. The highest BCUT2D eigenvalue weighted by atomic mass is 32.2. The van der Waals surface area contributed by atoms with Crippen molar-refractivity contribution in [2.75, 3.05) is 11.5 Å². The number of phenolic OH excluding ortho intramolecular Hbond substituents is 1. The SMILES string of the molecule is CC1SCCSC1c1noc(-c2ccc(O)cc2F)n1. The third kappa shape index (κ3) is 2.64. The number of hydrogen-bond donors (Lipinski definition) is 1. The fourth-order valence-electron chi connectivity index (χ4n) is 2.05. The average Bonchev–Trinajstić information content (AvgIpc) is 2.88. The molecule has 1 fully saturated rings. The first-order chi connectivity index (χ1) is 9.65. The van der Waals surface area contributed by atoms with Crippen molar-refractivity contribution in [3.8, 4) is 17.2 Å². The Morgan fingerprint density at radius 2 is 2.15 bits per heavy atom. The maximum atomic E-state index is 13.8.